The van der Waals surface area contributed by atoms with Gasteiger partial charge in [-0.3, -0.25) is 5.43 Å². The maximum Gasteiger partial charge on any atom is 0.239 e. The topological polar surface area (TPSA) is 75.9 Å². The molecule has 0 aliphatic carbocycles. The summed E-state index contributed by atoms with van der Waals surface area (Å²) in [5, 5.41) is 3.27. The van der Waals surface area contributed by atoms with Gasteiger partial charge in [-0.1, -0.05) is 13.8 Å². The zero-order valence-corrected chi connectivity index (χ0v) is 10.2. The van der Waals surface area contributed by atoms with E-state index < -0.39 is 0 Å². The monoisotopic (exact) mass is 223 g/mol. The van der Waals surface area contributed by atoms with Gasteiger partial charge in [-0.25, -0.2) is 10.8 Å². The van der Waals surface area contributed by atoms with E-state index in [4.69, 9.17) is 5.84 Å². The molecule has 16 heavy (non-hydrogen) atoms. The predicted molar refractivity (Wildman–Crippen MR) is 67.1 cm³/mol. The predicted octanol–water partition coefficient (Wildman–Crippen LogP) is 1.92. The minimum Gasteiger partial charge on any atom is -0.370 e. The molecule has 0 saturated heterocycles. The number of aromatic nitrogens is 2. The van der Waals surface area contributed by atoms with E-state index in [0.717, 1.165) is 30.4 Å². The zero-order chi connectivity index (χ0) is 12.0. The van der Waals surface area contributed by atoms with Crippen LogP contribution in [-0.2, 0) is 0 Å². The van der Waals surface area contributed by atoms with E-state index >= 15 is 0 Å². The Morgan fingerprint density at radius 3 is 2.75 bits per heavy atom. The molecule has 0 unspecified atom stereocenters. The molecule has 4 N–H and O–H groups in total. The summed E-state index contributed by atoms with van der Waals surface area (Å²) >= 11 is 0. The van der Waals surface area contributed by atoms with Crippen LogP contribution in [0, 0.1) is 12.8 Å². The molecule has 0 atom stereocenters. The number of aryl methyl sites for hydroxylation is 1. The van der Waals surface area contributed by atoms with E-state index in [0.29, 0.717) is 5.95 Å². The molecule has 1 heterocycles. The maximum atomic E-state index is 5.28. The summed E-state index contributed by atoms with van der Waals surface area (Å²) in [4.78, 5) is 8.33. The lowest BCUT2D eigenvalue weighted by Crippen LogP contribution is -2.13. The molecule has 5 nitrogen and oxygen atoms in total. The van der Waals surface area contributed by atoms with E-state index in [-0.39, 0.29) is 0 Å². The van der Waals surface area contributed by atoms with Crippen LogP contribution in [0.25, 0.3) is 0 Å². The lowest BCUT2D eigenvalue weighted by atomic mass is 10.1. The second-order valence-corrected chi connectivity index (χ2v) is 4.33. The largest absolute Gasteiger partial charge is 0.370 e. The first kappa shape index (κ1) is 12.7. The third kappa shape index (κ3) is 4.44. The van der Waals surface area contributed by atoms with Crippen LogP contribution in [0.1, 0.15) is 32.4 Å². The van der Waals surface area contributed by atoms with Gasteiger partial charge >= 0.3 is 0 Å². The molecular weight excluding hydrogens is 202 g/mol. The van der Waals surface area contributed by atoms with Crippen molar-refractivity contribution in [3.8, 4) is 0 Å². The highest BCUT2D eigenvalue weighted by Crippen LogP contribution is 2.09. The Labute approximate surface area is 96.8 Å². The Kier molecular flexibility index (Phi) is 4.98. The summed E-state index contributed by atoms with van der Waals surface area (Å²) in [6.07, 6.45) is 2.37. The number of hydrogen-bond acceptors (Lipinski definition) is 5. The molecule has 0 aliphatic heterocycles. The summed E-state index contributed by atoms with van der Waals surface area (Å²) < 4.78 is 0. The molecule has 0 radical (unpaired) electrons. The molecule has 1 aromatic heterocycles. The van der Waals surface area contributed by atoms with Crippen molar-refractivity contribution in [1.82, 2.24) is 9.97 Å². The van der Waals surface area contributed by atoms with E-state index in [1.165, 1.54) is 6.42 Å². The first-order chi connectivity index (χ1) is 7.61. The van der Waals surface area contributed by atoms with Crippen molar-refractivity contribution in [3.05, 3.63) is 11.8 Å². The highest BCUT2D eigenvalue weighted by molar-refractivity contribution is 5.41. The molecule has 0 saturated carbocycles. The van der Waals surface area contributed by atoms with Crippen LogP contribution in [0.3, 0.4) is 0 Å². The smallest absolute Gasteiger partial charge is 0.239 e. The molecular formula is C11H21N5. The Balaban J connectivity index is 2.44. The minimum absolute atomic E-state index is 0.450. The number of nitrogens with two attached hydrogens (primary N) is 1. The van der Waals surface area contributed by atoms with Crippen LogP contribution in [0.15, 0.2) is 6.07 Å². The van der Waals surface area contributed by atoms with E-state index in [9.17, 15) is 0 Å². The molecule has 1 aromatic rings. The average molecular weight is 223 g/mol. The molecule has 0 spiro atoms. The quantitative estimate of drug-likeness (QED) is 0.390. The van der Waals surface area contributed by atoms with Gasteiger partial charge < -0.3 is 5.32 Å². The van der Waals surface area contributed by atoms with Gasteiger partial charge in [-0.05, 0) is 25.7 Å². The van der Waals surface area contributed by atoms with Crippen LogP contribution < -0.4 is 16.6 Å². The fourth-order valence-corrected chi connectivity index (χ4v) is 1.45. The fourth-order valence-electron chi connectivity index (χ4n) is 1.45. The van der Waals surface area contributed by atoms with Gasteiger partial charge in [-0.15, -0.1) is 0 Å². The van der Waals surface area contributed by atoms with Gasteiger partial charge in [0.15, 0.2) is 0 Å². The Hall–Kier alpha value is -1.36. The number of rotatable bonds is 6. The van der Waals surface area contributed by atoms with Crippen molar-refractivity contribution in [2.75, 3.05) is 17.3 Å². The lowest BCUT2D eigenvalue weighted by molar-refractivity contribution is 0.566. The normalized spacial score (nSPS) is 10.6. The lowest BCUT2D eigenvalue weighted by Gasteiger charge is -2.08. The summed E-state index contributed by atoms with van der Waals surface area (Å²) in [6.45, 7) is 7.30. The van der Waals surface area contributed by atoms with Crippen LogP contribution in [0.2, 0.25) is 0 Å². The second kappa shape index (κ2) is 6.27. The third-order valence-corrected chi connectivity index (χ3v) is 2.25. The van der Waals surface area contributed by atoms with Gasteiger partial charge in [0, 0.05) is 18.3 Å². The Bertz CT molecular complexity index is 324. The maximum absolute atomic E-state index is 5.28. The Morgan fingerprint density at radius 1 is 1.38 bits per heavy atom. The third-order valence-electron chi connectivity index (χ3n) is 2.25. The number of hydrazine groups is 1. The molecule has 0 bridgehead atoms. The summed E-state index contributed by atoms with van der Waals surface area (Å²) in [7, 11) is 0. The van der Waals surface area contributed by atoms with Gasteiger partial charge in [0.2, 0.25) is 5.95 Å². The summed E-state index contributed by atoms with van der Waals surface area (Å²) in [5.74, 6) is 7.30. The molecule has 0 aliphatic rings. The number of anilines is 2. The van der Waals surface area contributed by atoms with Crippen molar-refractivity contribution >= 4 is 11.8 Å². The minimum atomic E-state index is 0.450. The van der Waals surface area contributed by atoms with E-state index in [1.54, 1.807) is 0 Å². The molecule has 0 amide bonds. The van der Waals surface area contributed by atoms with Crippen LogP contribution in [0.5, 0.6) is 0 Å². The second-order valence-electron chi connectivity index (χ2n) is 4.33. The van der Waals surface area contributed by atoms with Crippen molar-refractivity contribution in [3.63, 3.8) is 0 Å². The zero-order valence-electron chi connectivity index (χ0n) is 10.2. The first-order valence-corrected chi connectivity index (χ1v) is 5.68. The highest BCUT2D eigenvalue weighted by Gasteiger charge is 2.00. The standard InChI is InChI=1S/C11H21N5/c1-8(2)5-4-6-13-10-7-9(3)14-11(15-10)16-12/h7-8H,4-6,12H2,1-3H3,(H2,13,14,15,16). The molecule has 1 rings (SSSR count). The molecule has 0 aromatic carbocycles. The van der Waals surface area contributed by atoms with Gasteiger partial charge in [0.1, 0.15) is 5.82 Å². The number of nitrogens with one attached hydrogen (secondary N) is 2. The van der Waals surface area contributed by atoms with E-state index in [2.05, 4.69) is 34.6 Å². The highest BCUT2D eigenvalue weighted by atomic mass is 15.3. The van der Waals surface area contributed by atoms with Crippen molar-refractivity contribution in [2.45, 2.75) is 33.6 Å². The van der Waals surface area contributed by atoms with E-state index in [1.807, 2.05) is 13.0 Å². The molecule has 5 heteroatoms. The van der Waals surface area contributed by atoms with Crippen LogP contribution >= 0.6 is 0 Å². The van der Waals surface area contributed by atoms with Crippen LogP contribution in [-0.4, -0.2) is 16.5 Å². The fraction of sp³-hybridized carbons (Fsp3) is 0.636. The van der Waals surface area contributed by atoms with Crippen LogP contribution in [0.4, 0.5) is 11.8 Å². The average Bonchev–Trinajstić information content (AvgIpc) is 2.23. The van der Waals surface area contributed by atoms with Gasteiger partial charge in [-0.2, -0.15) is 4.98 Å². The molecule has 0 fully saturated rings. The summed E-state index contributed by atoms with van der Waals surface area (Å²) in [6, 6.07) is 1.91. The number of nitrogens with zero attached hydrogens (tertiary/aromatic N) is 2. The number of nitrogen functional groups attached to an aromatic ring is 1. The van der Waals surface area contributed by atoms with Gasteiger partial charge in [0.25, 0.3) is 0 Å². The van der Waals surface area contributed by atoms with Crippen molar-refractivity contribution in [2.24, 2.45) is 11.8 Å². The number of hydrogen-bond donors (Lipinski definition) is 3. The van der Waals surface area contributed by atoms with Gasteiger partial charge in [0.05, 0.1) is 0 Å². The Morgan fingerprint density at radius 2 is 2.12 bits per heavy atom. The molecule has 90 valence electrons. The first-order valence-electron chi connectivity index (χ1n) is 5.68. The summed E-state index contributed by atoms with van der Waals surface area (Å²) in [5.41, 5.74) is 3.35. The SMILES string of the molecule is Cc1cc(NCCCC(C)C)nc(NN)n1. The van der Waals surface area contributed by atoms with Crippen molar-refractivity contribution in [1.29, 1.82) is 0 Å². The van der Waals surface area contributed by atoms with Crippen molar-refractivity contribution < 1.29 is 0 Å².